The van der Waals surface area contributed by atoms with Gasteiger partial charge in [-0.2, -0.15) is 0 Å². The molecule has 0 aliphatic carbocycles. The number of rotatable bonds is 8. The highest BCUT2D eigenvalue weighted by atomic mass is 16.5. The minimum atomic E-state index is -1.13. The van der Waals surface area contributed by atoms with Crippen molar-refractivity contribution in [2.45, 2.75) is 25.4 Å². The highest BCUT2D eigenvalue weighted by molar-refractivity contribution is 5.88. The number of hydrogen-bond donors (Lipinski definition) is 2. The fourth-order valence-corrected chi connectivity index (χ4v) is 2.03. The van der Waals surface area contributed by atoms with Crippen LogP contribution in [0.1, 0.15) is 19.4 Å². The largest absolute Gasteiger partial charge is 0.493 e. The van der Waals surface area contributed by atoms with Gasteiger partial charge in [0, 0.05) is 7.11 Å². The summed E-state index contributed by atoms with van der Waals surface area (Å²) in [5.41, 5.74) is -0.159. The number of nitrogens with one attached hydrogen (secondary N) is 1. The second kappa shape index (κ2) is 7.82. The molecule has 0 aromatic heterocycles. The van der Waals surface area contributed by atoms with Crippen molar-refractivity contribution in [2.24, 2.45) is 0 Å². The van der Waals surface area contributed by atoms with Crippen molar-refractivity contribution in [1.82, 2.24) is 5.32 Å². The van der Waals surface area contributed by atoms with Gasteiger partial charge in [0.15, 0.2) is 17.6 Å². The van der Waals surface area contributed by atoms with Crippen LogP contribution in [0.2, 0.25) is 0 Å². The Morgan fingerprint density at radius 2 is 1.78 bits per heavy atom. The molecule has 1 amide bonds. The van der Waals surface area contributed by atoms with Gasteiger partial charge in [0.1, 0.15) is 0 Å². The van der Waals surface area contributed by atoms with E-state index in [-0.39, 0.29) is 12.5 Å². The van der Waals surface area contributed by atoms with E-state index in [1.807, 2.05) is 0 Å². The van der Waals surface area contributed by atoms with Crippen LogP contribution in [0, 0.1) is 0 Å². The summed E-state index contributed by atoms with van der Waals surface area (Å²) in [5, 5.41) is 11.5. The Bertz CT molecular complexity index is 570. The van der Waals surface area contributed by atoms with Crippen molar-refractivity contribution in [2.75, 3.05) is 27.9 Å². The van der Waals surface area contributed by atoms with Gasteiger partial charge in [-0.15, -0.1) is 0 Å². The summed E-state index contributed by atoms with van der Waals surface area (Å²) in [7, 11) is 4.33. The van der Waals surface area contributed by atoms with Crippen LogP contribution in [-0.4, -0.2) is 51.0 Å². The highest BCUT2D eigenvalue weighted by Crippen LogP contribution is 2.33. The average Bonchev–Trinajstić information content (AvgIpc) is 2.53. The Balaban J connectivity index is 2.92. The fourth-order valence-electron chi connectivity index (χ4n) is 2.03. The van der Waals surface area contributed by atoms with E-state index >= 15 is 0 Å². The molecular formula is C16H23NO6. The molecule has 0 radical (unpaired) electrons. The van der Waals surface area contributed by atoms with Crippen LogP contribution in [0.4, 0.5) is 0 Å². The number of hydrogen-bond acceptors (Lipinski definition) is 5. The topological polar surface area (TPSA) is 94.1 Å². The Morgan fingerprint density at radius 1 is 1.17 bits per heavy atom. The zero-order valence-corrected chi connectivity index (χ0v) is 14.0. The summed E-state index contributed by atoms with van der Waals surface area (Å²) >= 11 is 0. The van der Waals surface area contributed by atoms with Gasteiger partial charge in [0.2, 0.25) is 5.91 Å². The maximum atomic E-state index is 12.4. The lowest BCUT2D eigenvalue weighted by Crippen LogP contribution is -2.45. The Labute approximate surface area is 135 Å². The minimum Gasteiger partial charge on any atom is -0.493 e. The molecule has 0 saturated carbocycles. The molecule has 0 heterocycles. The Morgan fingerprint density at radius 3 is 2.26 bits per heavy atom. The van der Waals surface area contributed by atoms with Gasteiger partial charge in [-0.1, -0.05) is 6.07 Å². The zero-order valence-electron chi connectivity index (χ0n) is 14.0. The van der Waals surface area contributed by atoms with E-state index in [0.717, 1.165) is 5.56 Å². The van der Waals surface area contributed by atoms with E-state index in [0.29, 0.717) is 11.5 Å². The van der Waals surface area contributed by atoms with Gasteiger partial charge in [0.25, 0.3) is 0 Å². The smallest absolute Gasteiger partial charge is 0.334 e. The number of carbonyl (C=O) groups excluding carboxylic acids is 1. The predicted octanol–water partition coefficient (Wildman–Crippen LogP) is 1.20. The molecule has 7 nitrogen and oxygen atoms in total. The molecule has 0 aliphatic heterocycles. The predicted molar refractivity (Wildman–Crippen MR) is 84.0 cm³/mol. The molecule has 1 atom stereocenters. The molecule has 2 N–H and O–H groups in total. The fraction of sp³-hybridized carbons (Fsp3) is 0.500. The first kappa shape index (κ1) is 18.8. The molecule has 1 aromatic rings. The van der Waals surface area contributed by atoms with E-state index in [9.17, 15) is 9.59 Å². The lowest BCUT2D eigenvalue weighted by molar-refractivity contribution is -0.148. The van der Waals surface area contributed by atoms with Gasteiger partial charge in [-0.3, -0.25) is 4.79 Å². The quantitative estimate of drug-likeness (QED) is 0.746. The van der Waals surface area contributed by atoms with Gasteiger partial charge >= 0.3 is 5.97 Å². The van der Waals surface area contributed by atoms with Crippen LogP contribution >= 0.6 is 0 Å². The van der Waals surface area contributed by atoms with Crippen LogP contribution in [0.3, 0.4) is 0 Å². The van der Waals surface area contributed by atoms with Crippen LogP contribution in [-0.2, 0) is 19.7 Å². The Kier molecular flexibility index (Phi) is 6.38. The summed E-state index contributed by atoms with van der Waals surface area (Å²) in [6, 6.07) is 5.22. The molecule has 1 aromatic carbocycles. The lowest BCUT2D eigenvalue weighted by Gasteiger charge is -2.25. The molecule has 7 heteroatoms. The van der Waals surface area contributed by atoms with Crippen LogP contribution in [0.5, 0.6) is 11.5 Å². The molecule has 0 aliphatic rings. The number of carboxylic acid groups (broad SMARTS) is 1. The summed E-state index contributed by atoms with van der Waals surface area (Å²) in [6.45, 7) is 3.37. The molecule has 23 heavy (non-hydrogen) atoms. The molecule has 0 spiro atoms. The standard InChI is InChI=1S/C16H23NO6/c1-16(2,15(20)17-9-13(23-5)14(18)19)10-6-7-11(21-3)12(8-10)22-4/h6-8,13H,9H2,1-5H3,(H,17,20)(H,18,19). The SMILES string of the molecule is COc1ccc(C(C)(C)C(=O)NCC(OC)C(=O)O)cc1OC. The zero-order chi connectivity index (χ0) is 17.6. The monoisotopic (exact) mass is 325 g/mol. The molecular weight excluding hydrogens is 302 g/mol. The number of ether oxygens (including phenoxy) is 3. The first-order valence-electron chi connectivity index (χ1n) is 7.04. The van der Waals surface area contributed by atoms with E-state index in [1.165, 1.54) is 21.3 Å². The maximum Gasteiger partial charge on any atom is 0.334 e. The maximum absolute atomic E-state index is 12.4. The lowest BCUT2D eigenvalue weighted by atomic mass is 9.83. The number of amides is 1. The normalized spacial score (nSPS) is 12.4. The first-order valence-corrected chi connectivity index (χ1v) is 7.04. The van der Waals surface area contributed by atoms with Crippen molar-refractivity contribution in [3.05, 3.63) is 23.8 Å². The molecule has 0 bridgehead atoms. The van der Waals surface area contributed by atoms with Gasteiger partial charge in [-0.05, 0) is 31.5 Å². The average molecular weight is 325 g/mol. The summed E-state index contributed by atoms with van der Waals surface area (Å²) in [5.74, 6) is -0.353. The Hall–Kier alpha value is -2.28. The third-order valence-corrected chi connectivity index (χ3v) is 3.68. The number of benzene rings is 1. The minimum absolute atomic E-state index is 0.110. The van der Waals surface area contributed by atoms with Gasteiger partial charge in [-0.25, -0.2) is 4.79 Å². The van der Waals surface area contributed by atoms with Gasteiger partial charge in [0.05, 0.1) is 26.2 Å². The van der Waals surface area contributed by atoms with Crippen molar-refractivity contribution in [1.29, 1.82) is 0 Å². The second-order valence-corrected chi connectivity index (χ2v) is 5.47. The van der Waals surface area contributed by atoms with Crippen LogP contribution in [0.15, 0.2) is 18.2 Å². The van der Waals surface area contributed by atoms with E-state index < -0.39 is 17.5 Å². The number of methoxy groups -OCH3 is 3. The van der Waals surface area contributed by atoms with Gasteiger partial charge < -0.3 is 24.6 Å². The highest BCUT2D eigenvalue weighted by Gasteiger charge is 2.31. The van der Waals surface area contributed by atoms with Crippen molar-refractivity contribution < 1.29 is 28.9 Å². The molecule has 0 saturated heterocycles. The summed E-state index contributed by atoms with van der Waals surface area (Å²) in [4.78, 5) is 23.3. The van der Waals surface area contributed by atoms with Crippen molar-refractivity contribution >= 4 is 11.9 Å². The summed E-state index contributed by atoms with van der Waals surface area (Å²) < 4.78 is 15.2. The molecule has 128 valence electrons. The third kappa shape index (κ3) is 4.35. The van der Waals surface area contributed by atoms with E-state index in [2.05, 4.69) is 5.32 Å². The molecule has 1 unspecified atom stereocenters. The van der Waals surface area contributed by atoms with Crippen LogP contribution < -0.4 is 14.8 Å². The summed E-state index contributed by atoms with van der Waals surface area (Å²) in [6.07, 6.45) is -1.08. The van der Waals surface area contributed by atoms with Crippen molar-refractivity contribution in [3.63, 3.8) is 0 Å². The third-order valence-electron chi connectivity index (χ3n) is 3.68. The molecule has 1 rings (SSSR count). The second-order valence-electron chi connectivity index (χ2n) is 5.47. The first-order chi connectivity index (χ1) is 10.8. The van der Waals surface area contributed by atoms with E-state index in [4.69, 9.17) is 19.3 Å². The number of aliphatic carboxylic acids is 1. The van der Waals surface area contributed by atoms with Crippen LogP contribution in [0.25, 0.3) is 0 Å². The molecule has 0 fully saturated rings. The number of carbonyl (C=O) groups is 2. The van der Waals surface area contributed by atoms with Crippen molar-refractivity contribution in [3.8, 4) is 11.5 Å². The number of carboxylic acids is 1. The van der Waals surface area contributed by atoms with E-state index in [1.54, 1.807) is 32.0 Å².